The predicted molar refractivity (Wildman–Crippen MR) is 65.7 cm³/mol. The molecule has 1 fully saturated rings. The number of ether oxygens (including phenoxy) is 1. The molecule has 3 amide bonds. The van der Waals surface area contributed by atoms with E-state index in [1.54, 1.807) is 19.1 Å². The van der Waals surface area contributed by atoms with Gasteiger partial charge in [0, 0.05) is 12.7 Å². The van der Waals surface area contributed by atoms with Gasteiger partial charge in [-0.25, -0.2) is 9.18 Å². The molecule has 102 valence electrons. The number of amides is 3. The molecule has 0 bridgehead atoms. The summed E-state index contributed by atoms with van der Waals surface area (Å²) in [5.74, 6) is -0.703. The Morgan fingerprint density at radius 2 is 2.16 bits per heavy atom. The second-order valence-electron chi connectivity index (χ2n) is 4.45. The Morgan fingerprint density at radius 1 is 1.42 bits per heavy atom. The standard InChI is InChI=1S/C13H15FN2O3/c1-8-12(17)16(13(18)15-8)6-9-3-4-10(7-19-2)11(14)5-9/h3-5,8H,6-7H2,1-2H3,(H,15,18)/t8-/m1/s1. The number of nitrogens with one attached hydrogen (secondary N) is 1. The lowest BCUT2D eigenvalue weighted by Crippen LogP contribution is -2.30. The van der Waals surface area contributed by atoms with Gasteiger partial charge in [0.15, 0.2) is 0 Å². The van der Waals surface area contributed by atoms with Crippen molar-refractivity contribution in [3.63, 3.8) is 0 Å². The maximum atomic E-state index is 13.7. The topological polar surface area (TPSA) is 58.6 Å². The smallest absolute Gasteiger partial charge is 0.325 e. The van der Waals surface area contributed by atoms with Gasteiger partial charge in [0.1, 0.15) is 11.9 Å². The van der Waals surface area contributed by atoms with Gasteiger partial charge in [0.05, 0.1) is 13.2 Å². The zero-order valence-electron chi connectivity index (χ0n) is 10.8. The normalized spacial score (nSPS) is 18.9. The largest absolute Gasteiger partial charge is 0.380 e. The third-order valence-electron chi connectivity index (χ3n) is 2.98. The summed E-state index contributed by atoms with van der Waals surface area (Å²) in [7, 11) is 1.49. The summed E-state index contributed by atoms with van der Waals surface area (Å²) in [6.07, 6.45) is 0. The summed E-state index contributed by atoms with van der Waals surface area (Å²) in [4.78, 5) is 24.3. The van der Waals surface area contributed by atoms with Crippen molar-refractivity contribution in [1.29, 1.82) is 0 Å². The van der Waals surface area contributed by atoms with Crippen LogP contribution in [0.4, 0.5) is 9.18 Å². The third kappa shape index (κ3) is 2.73. The van der Waals surface area contributed by atoms with Crippen LogP contribution in [0.15, 0.2) is 18.2 Å². The number of nitrogens with zero attached hydrogens (tertiary/aromatic N) is 1. The van der Waals surface area contributed by atoms with Crippen molar-refractivity contribution in [3.05, 3.63) is 35.1 Å². The first-order valence-electron chi connectivity index (χ1n) is 5.91. The highest BCUT2D eigenvalue weighted by atomic mass is 19.1. The Labute approximate surface area is 110 Å². The van der Waals surface area contributed by atoms with Gasteiger partial charge >= 0.3 is 6.03 Å². The lowest BCUT2D eigenvalue weighted by molar-refractivity contribution is -0.127. The average Bonchev–Trinajstić information content (AvgIpc) is 2.60. The molecule has 1 aliphatic heterocycles. The number of rotatable bonds is 4. The fraction of sp³-hybridized carbons (Fsp3) is 0.385. The summed E-state index contributed by atoms with van der Waals surface area (Å²) in [6.45, 7) is 1.87. The van der Waals surface area contributed by atoms with E-state index in [0.29, 0.717) is 11.1 Å². The average molecular weight is 266 g/mol. The number of carbonyl (C=O) groups excluding carboxylic acids is 2. The van der Waals surface area contributed by atoms with Gasteiger partial charge in [-0.3, -0.25) is 9.69 Å². The van der Waals surface area contributed by atoms with E-state index in [1.165, 1.54) is 13.2 Å². The minimum atomic E-state index is -0.523. The van der Waals surface area contributed by atoms with Crippen LogP contribution in [-0.2, 0) is 22.7 Å². The SMILES string of the molecule is COCc1ccc(CN2C(=O)N[C@H](C)C2=O)cc1F. The van der Waals surface area contributed by atoms with Crippen molar-refractivity contribution in [1.82, 2.24) is 10.2 Å². The van der Waals surface area contributed by atoms with Gasteiger partial charge < -0.3 is 10.1 Å². The van der Waals surface area contributed by atoms with E-state index in [0.717, 1.165) is 4.90 Å². The van der Waals surface area contributed by atoms with Crippen LogP contribution < -0.4 is 5.32 Å². The lowest BCUT2D eigenvalue weighted by atomic mass is 10.1. The van der Waals surface area contributed by atoms with Crippen LogP contribution in [0.5, 0.6) is 0 Å². The fourth-order valence-electron chi connectivity index (χ4n) is 1.95. The number of hydrogen-bond acceptors (Lipinski definition) is 3. The molecule has 1 saturated heterocycles. The van der Waals surface area contributed by atoms with Crippen molar-refractivity contribution in [2.45, 2.75) is 26.1 Å². The van der Waals surface area contributed by atoms with Crippen LogP contribution in [0.25, 0.3) is 0 Å². The first-order chi connectivity index (χ1) is 9.02. The molecule has 2 rings (SSSR count). The second-order valence-corrected chi connectivity index (χ2v) is 4.45. The number of imide groups is 1. The van der Waals surface area contributed by atoms with Gasteiger partial charge in [-0.05, 0) is 18.6 Å². The number of hydrogen-bond donors (Lipinski definition) is 1. The van der Waals surface area contributed by atoms with E-state index in [9.17, 15) is 14.0 Å². The first-order valence-corrected chi connectivity index (χ1v) is 5.91. The predicted octanol–water partition coefficient (Wildman–Crippen LogP) is 1.41. The highest BCUT2D eigenvalue weighted by Crippen LogP contribution is 2.16. The van der Waals surface area contributed by atoms with Gasteiger partial charge in [-0.15, -0.1) is 0 Å². The second kappa shape index (κ2) is 5.36. The number of benzene rings is 1. The van der Waals surface area contributed by atoms with Crippen molar-refractivity contribution in [2.75, 3.05) is 7.11 Å². The maximum absolute atomic E-state index is 13.7. The van der Waals surface area contributed by atoms with Crippen molar-refractivity contribution >= 4 is 11.9 Å². The minimum absolute atomic E-state index is 0.0686. The highest BCUT2D eigenvalue weighted by molar-refractivity contribution is 6.03. The van der Waals surface area contributed by atoms with Crippen molar-refractivity contribution in [2.24, 2.45) is 0 Å². The molecule has 1 aliphatic rings. The van der Waals surface area contributed by atoms with E-state index in [4.69, 9.17) is 4.74 Å². The molecule has 0 saturated carbocycles. The molecular formula is C13H15FN2O3. The molecule has 0 aliphatic carbocycles. The molecule has 1 N–H and O–H groups in total. The molecule has 0 radical (unpaired) electrons. The fourth-order valence-corrected chi connectivity index (χ4v) is 1.95. The van der Waals surface area contributed by atoms with Crippen molar-refractivity contribution < 1.29 is 18.7 Å². The molecule has 1 atom stereocenters. The van der Waals surface area contributed by atoms with Crippen LogP contribution in [0.3, 0.4) is 0 Å². The molecule has 1 aromatic carbocycles. The summed E-state index contributed by atoms with van der Waals surface area (Å²) in [5.41, 5.74) is 1.01. The molecule has 1 aromatic rings. The Balaban J connectivity index is 2.14. The summed E-state index contributed by atoms with van der Waals surface area (Å²) in [6, 6.07) is 3.62. The highest BCUT2D eigenvalue weighted by Gasteiger charge is 2.34. The molecule has 5 nitrogen and oxygen atoms in total. The zero-order valence-corrected chi connectivity index (χ0v) is 10.8. The Kier molecular flexibility index (Phi) is 3.80. The Morgan fingerprint density at radius 3 is 2.68 bits per heavy atom. The quantitative estimate of drug-likeness (QED) is 0.838. The van der Waals surface area contributed by atoms with Crippen LogP contribution in [0.1, 0.15) is 18.1 Å². The number of carbonyl (C=O) groups is 2. The van der Waals surface area contributed by atoms with E-state index in [-0.39, 0.29) is 19.1 Å². The molecule has 0 unspecified atom stereocenters. The third-order valence-corrected chi connectivity index (χ3v) is 2.98. The minimum Gasteiger partial charge on any atom is -0.380 e. The van der Waals surface area contributed by atoms with Crippen LogP contribution in [0.2, 0.25) is 0 Å². The first kappa shape index (κ1) is 13.5. The number of halogens is 1. The maximum Gasteiger partial charge on any atom is 0.325 e. The van der Waals surface area contributed by atoms with E-state index in [2.05, 4.69) is 5.32 Å². The van der Waals surface area contributed by atoms with Crippen molar-refractivity contribution in [3.8, 4) is 0 Å². The monoisotopic (exact) mass is 266 g/mol. The molecule has 0 spiro atoms. The lowest BCUT2D eigenvalue weighted by Gasteiger charge is -2.13. The van der Waals surface area contributed by atoms with Gasteiger partial charge in [-0.1, -0.05) is 12.1 Å². The molecule has 19 heavy (non-hydrogen) atoms. The number of methoxy groups -OCH3 is 1. The summed E-state index contributed by atoms with van der Waals surface area (Å²) < 4.78 is 18.6. The van der Waals surface area contributed by atoms with Crippen LogP contribution in [-0.4, -0.2) is 30.0 Å². The Bertz CT molecular complexity index is 519. The van der Waals surface area contributed by atoms with Gasteiger partial charge in [-0.2, -0.15) is 0 Å². The summed E-state index contributed by atoms with van der Waals surface area (Å²) in [5, 5.41) is 2.51. The molecule has 6 heteroatoms. The van der Waals surface area contributed by atoms with E-state index in [1.807, 2.05) is 0 Å². The Hall–Kier alpha value is -1.95. The molecular weight excluding hydrogens is 251 g/mol. The molecule has 0 aromatic heterocycles. The van der Waals surface area contributed by atoms with Gasteiger partial charge in [0.25, 0.3) is 5.91 Å². The van der Waals surface area contributed by atoms with Crippen LogP contribution >= 0.6 is 0 Å². The molecule has 1 heterocycles. The summed E-state index contributed by atoms with van der Waals surface area (Å²) >= 11 is 0. The van der Waals surface area contributed by atoms with Crippen LogP contribution in [0, 0.1) is 5.82 Å². The van der Waals surface area contributed by atoms with E-state index < -0.39 is 17.9 Å². The zero-order chi connectivity index (χ0) is 14.0. The number of urea groups is 1. The van der Waals surface area contributed by atoms with Gasteiger partial charge in [0.2, 0.25) is 0 Å². The van der Waals surface area contributed by atoms with E-state index >= 15 is 0 Å².